The lowest BCUT2D eigenvalue weighted by Gasteiger charge is -2.10. The molecule has 8 rings (SSSR count). The second-order valence-corrected chi connectivity index (χ2v) is 14.4. The molecule has 0 saturated carbocycles. The van der Waals surface area contributed by atoms with E-state index in [2.05, 4.69) is 47.0 Å². The summed E-state index contributed by atoms with van der Waals surface area (Å²) in [5, 5.41) is 11.1. The quantitative estimate of drug-likeness (QED) is 0.105. The fourth-order valence-electron chi connectivity index (χ4n) is 6.24. The second-order valence-electron chi connectivity index (χ2n) is 13.6. The van der Waals surface area contributed by atoms with Crippen molar-refractivity contribution in [3.8, 4) is 22.8 Å². The van der Waals surface area contributed by atoms with Crippen molar-refractivity contribution in [3.63, 3.8) is 0 Å². The lowest BCUT2D eigenvalue weighted by atomic mass is 10.0. The van der Waals surface area contributed by atoms with Crippen molar-refractivity contribution >= 4 is 63.4 Å². The van der Waals surface area contributed by atoms with E-state index in [9.17, 15) is 4.79 Å². The number of fused-ring (bicyclic) bond motifs is 2. The summed E-state index contributed by atoms with van der Waals surface area (Å²) >= 11 is 12.8. The summed E-state index contributed by atoms with van der Waals surface area (Å²) in [7, 11) is 7.65. The van der Waals surface area contributed by atoms with Gasteiger partial charge in [-0.05, 0) is 78.2 Å². The average Bonchev–Trinajstić information content (AvgIpc) is 4.05. The van der Waals surface area contributed by atoms with Gasteiger partial charge in [0.15, 0.2) is 6.29 Å². The molecule has 6 aromatic heterocycles. The summed E-state index contributed by atoms with van der Waals surface area (Å²) in [5.74, 6) is 0. The Morgan fingerprint density at radius 2 is 1.19 bits per heavy atom. The van der Waals surface area contributed by atoms with Gasteiger partial charge in [0.1, 0.15) is 0 Å². The van der Waals surface area contributed by atoms with Crippen molar-refractivity contribution in [1.82, 2.24) is 48.6 Å². The van der Waals surface area contributed by atoms with Crippen LogP contribution >= 0.6 is 23.2 Å². The zero-order valence-electron chi connectivity index (χ0n) is 33.2. The number of aldehydes is 1. The molecule has 15 heteroatoms. The third-order valence-electron chi connectivity index (χ3n) is 9.65. The molecular formula is C44H40Cl2N12O. The zero-order valence-corrected chi connectivity index (χ0v) is 34.7. The number of nitrogens with zero attached hydrogens (tertiary/aromatic N) is 12. The molecule has 0 spiro atoms. The van der Waals surface area contributed by atoms with E-state index in [1.165, 1.54) is 5.69 Å². The van der Waals surface area contributed by atoms with Crippen molar-refractivity contribution in [2.24, 2.45) is 28.2 Å². The summed E-state index contributed by atoms with van der Waals surface area (Å²) in [6, 6.07) is 15.3. The van der Waals surface area contributed by atoms with Crippen LogP contribution in [0.4, 0.5) is 0 Å². The van der Waals surface area contributed by atoms with Gasteiger partial charge >= 0.3 is 0 Å². The summed E-state index contributed by atoms with van der Waals surface area (Å²) < 4.78 is 7.43. The van der Waals surface area contributed by atoms with Gasteiger partial charge in [-0.1, -0.05) is 29.3 Å². The summed E-state index contributed by atoms with van der Waals surface area (Å²) in [4.78, 5) is 36.0. The van der Waals surface area contributed by atoms with E-state index in [-0.39, 0.29) is 0 Å². The van der Waals surface area contributed by atoms with Crippen LogP contribution in [-0.4, -0.2) is 68.0 Å². The van der Waals surface area contributed by atoms with E-state index in [1.54, 1.807) is 49.6 Å². The lowest BCUT2D eigenvalue weighted by molar-refractivity contribution is 0.112. The minimum atomic E-state index is 0.363. The van der Waals surface area contributed by atoms with Gasteiger partial charge in [-0.3, -0.25) is 14.2 Å². The molecule has 0 fully saturated rings. The molecule has 0 aliphatic heterocycles. The fourth-order valence-corrected chi connectivity index (χ4v) is 6.75. The van der Waals surface area contributed by atoms with E-state index >= 15 is 0 Å². The highest BCUT2D eigenvalue weighted by Gasteiger charge is 2.15. The summed E-state index contributed by atoms with van der Waals surface area (Å²) in [6.07, 6.45) is 16.6. The van der Waals surface area contributed by atoms with Gasteiger partial charge in [0.05, 0.1) is 64.6 Å². The molecule has 0 aliphatic rings. The standard InChI is InChI=1S/C22H19ClN6.C17H13ClN4O.C5H8N2/c1-24-8-6-16-10-18-15(4-5-17-7-9-26-29(17)3)11-21(22-13-25-14-28(22)2)27-20(18)12-19(16)23;1-19-4-3-11-5-13-12(9-23)6-16(17-8-20-10-22(17)2)21-15(13)7-14(11)18;1-5-3-4-6-7(5)2/h4-5,7,9-14H,6,8H2,2-3H3;5-10H,3-4H2,2H3;3-4H,1-2H3/b5-4+;;. The minimum Gasteiger partial charge on any atom is -0.332 e. The molecule has 59 heavy (non-hydrogen) atoms. The van der Waals surface area contributed by atoms with Crippen LogP contribution in [0.1, 0.15) is 38.4 Å². The van der Waals surface area contributed by atoms with Crippen LogP contribution in [0.2, 0.25) is 10.0 Å². The van der Waals surface area contributed by atoms with Gasteiger partial charge in [0, 0.05) is 85.5 Å². The van der Waals surface area contributed by atoms with E-state index in [0.29, 0.717) is 52.8 Å². The Hall–Kier alpha value is -6.93. The van der Waals surface area contributed by atoms with Crippen molar-refractivity contribution in [2.75, 3.05) is 13.1 Å². The lowest BCUT2D eigenvalue weighted by Crippen LogP contribution is -1.97. The molecule has 0 atom stereocenters. The fraction of sp³-hybridized carbons (Fsp3) is 0.205. The molecule has 13 nitrogen and oxygen atoms in total. The van der Waals surface area contributed by atoms with Crippen LogP contribution in [0.25, 0.3) is 66.4 Å². The summed E-state index contributed by atoms with van der Waals surface area (Å²) in [5.41, 5.74) is 10.3. The Bertz CT molecular complexity index is 2870. The zero-order chi connectivity index (χ0) is 42.1. The highest BCUT2D eigenvalue weighted by atomic mass is 35.5. The molecule has 0 bridgehead atoms. The van der Waals surface area contributed by atoms with Gasteiger partial charge in [-0.15, -0.1) is 0 Å². The molecule has 0 radical (unpaired) electrons. The first-order chi connectivity index (χ1) is 28.5. The monoisotopic (exact) mass is 822 g/mol. The SMILES string of the molecule is Cc1ccnn1C.[C-]#[N+]CCc1cc2c(/C=C/c3ccnn3C)cc(-c3cncn3C)nc2cc1Cl.[C-]#[N+]CCc1cc2c(C=O)cc(-c3cncn3C)nc2cc1Cl. The molecule has 6 heterocycles. The van der Waals surface area contributed by atoms with Gasteiger partial charge in [0.25, 0.3) is 0 Å². The molecular weight excluding hydrogens is 783 g/mol. The number of carbonyl (C=O) groups is 1. The Morgan fingerprint density at radius 1 is 0.678 bits per heavy atom. The maximum absolute atomic E-state index is 11.5. The largest absolute Gasteiger partial charge is 0.332 e. The average molecular weight is 824 g/mol. The number of hydrogen-bond donors (Lipinski definition) is 0. The van der Waals surface area contributed by atoms with Gasteiger partial charge in [-0.25, -0.2) is 33.1 Å². The topological polar surface area (TPSA) is 123 Å². The Morgan fingerprint density at radius 3 is 1.59 bits per heavy atom. The highest BCUT2D eigenvalue weighted by molar-refractivity contribution is 6.32. The molecule has 296 valence electrons. The van der Waals surface area contributed by atoms with Crippen LogP contribution in [0.15, 0.2) is 86.0 Å². The number of pyridine rings is 2. The third kappa shape index (κ3) is 9.79. The van der Waals surface area contributed by atoms with Crippen LogP contribution in [0, 0.1) is 20.1 Å². The van der Waals surface area contributed by atoms with Crippen LogP contribution in [-0.2, 0) is 41.0 Å². The molecule has 0 unspecified atom stereocenters. The predicted octanol–water partition coefficient (Wildman–Crippen LogP) is 8.95. The molecule has 0 aliphatic carbocycles. The number of benzene rings is 2. The van der Waals surface area contributed by atoms with Gasteiger partial charge in [-0.2, -0.15) is 10.2 Å². The number of hydrogen-bond acceptors (Lipinski definition) is 7. The minimum absolute atomic E-state index is 0.363. The second kappa shape index (κ2) is 19.0. The third-order valence-corrected chi connectivity index (χ3v) is 10.4. The first kappa shape index (κ1) is 41.7. The number of rotatable bonds is 9. The Kier molecular flexibility index (Phi) is 13.4. The van der Waals surface area contributed by atoms with Crippen molar-refractivity contribution in [1.29, 1.82) is 0 Å². The van der Waals surface area contributed by atoms with Gasteiger partial charge in [0.2, 0.25) is 13.1 Å². The van der Waals surface area contributed by atoms with Crippen LogP contribution in [0.3, 0.4) is 0 Å². The maximum Gasteiger partial charge on any atom is 0.218 e. The first-order valence-corrected chi connectivity index (χ1v) is 19.2. The molecule has 8 aromatic rings. The Balaban J connectivity index is 0.000000173. The number of aromatic nitrogens is 10. The van der Waals surface area contributed by atoms with E-state index in [4.69, 9.17) is 41.3 Å². The van der Waals surface area contributed by atoms with Crippen molar-refractivity contribution in [2.45, 2.75) is 19.8 Å². The van der Waals surface area contributed by atoms with E-state index in [1.807, 2.05) is 90.0 Å². The number of imidazole rings is 2. The van der Waals surface area contributed by atoms with Crippen molar-refractivity contribution in [3.05, 3.63) is 152 Å². The Labute approximate surface area is 351 Å². The van der Waals surface area contributed by atoms with E-state index < -0.39 is 0 Å². The van der Waals surface area contributed by atoms with Crippen LogP contribution in [0.5, 0.6) is 0 Å². The van der Waals surface area contributed by atoms with Crippen LogP contribution < -0.4 is 0 Å². The van der Waals surface area contributed by atoms with E-state index in [0.717, 1.165) is 62.0 Å². The highest BCUT2D eigenvalue weighted by Crippen LogP contribution is 2.31. The maximum atomic E-state index is 11.5. The molecule has 0 amide bonds. The normalized spacial score (nSPS) is 10.9. The van der Waals surface area contributed by atoms with Gasteiger partial charge < -0.3 is 18.8 Å². The predicted molar refractivity (Wildman–Crippen MR) is 234 cm³/mol. The first-order valence-electron chi connectivity index (χ1n) is 18.4. The molecule has 2 aromatic carbocycles. The number of aryl methyl sites for hydroxylation is 5. The summed E-state index contributed by atoms with van der Waals surface area (Å²) in [6.45, 7) is 16.8. The van der Waals surface area contributed by atoms with Crippen molar-refractivity contribution < 1.29 is 4.79 Å². The molecule has 0 N–H and O–H groups in total. The smallest absolute Gasteiger partial charge is 0.218 e. The number of carbonyl (C=O) groups excluding carboxylic acids is 1. The molecule has 0 saturated heterocycles. The number of halogens is 2.